The number of terminal acetylenes is 1. The summed E-state index contributed by atoms with van der Waals surface area (Å²) in [5.41, 5.74) is 1.91. The van der Waals surface area contributed by atoms with Crippen LogP contribution in [-0.2, 0) is 5.54 Å². The maximum Gasteiger partial charge on any atom is 0.126 e. The second-order valence-electron chi connectivity index (χ2n) is 6.61. The number of rotatable bonds is 6. The Morgan fingerprint density at radius 2 is 1.78 bits per heavy atom. The van der Waals surface area contributed by atoms with Crippen molar-refractivity contribution in [1.82, 2.24) is 5.32 Å². The molecule has 1 fully saturated rings. The summed E-state index contributed by atoms with van der Waals surface area (Å²) >= 11 is 0. The summed E-state index contributed by atoms with van der Waals surface area (Å²) in [5, 5.41) is 13.9. The average molecular weight is 414 g/mol. The van der Waals surface area contributed by atoms with Crippen molar-refractivity contribution in [3.8, 4) is 12.3 Å². The first-order valence-corrected chi connectivity index (χ1v) is 8.46. The number of hydrogen-bond acceptors (Lipinski definition) is 2. The summed E-state index contributed by atoms with van der Waals surface area (Å²) in [5.74, 6) is 1.33. The molecule has 0 radical (unpaired) electrons. The zero-order valence-corrected chi connectivity index (χ0v) is 16.5. The van der Waals surface area contributed by atoms with Crippen LogP contribution in [0.3, 0.4) is 0 Å². The van der Waals surface area contributed by atoms with E-state index >= 15 is 0 Å². The van der Waals surface area contributed by atoms with Gasteiger partial charge in [0.15, 0.2) is 0 Å². The predicted molar refractivity (Wildman–Crippen MR) is 108 cm³/mol. The Morgan fingerprint density at radius 1 is 1.15 bits per heavy atom. The van der Waals surface area contributed by atoms with E-state index in [2.05, 4.69) is 11.2 Å². The van der Waals surface area contributed by atoms with Gasteiger partial charge in [-0.1, -0.05) is 25.0 Å². The van der Waals surface area contributed by atoms with E-state index in [1.54, 1.807) is 0 Å². The fraction of sp³-hybridized carbons (Fsp3) is 0.333. The second-order valence-corrected chi connectivity index (χ2v) is 6.61. The summed E-state index contributed by atoms with van der Waals surface area (Å²) in [4.78, 5) is 0. The van der Waals surface area contributed by atoms with Gasteiger partial charge >= 0.3 is 0 Å². The van der Waals surface area contributed by atoms with Crippen molar-refractivity contribution in [2.45, 2.75) is 43.9 Å². The highest BCUT2D eigenvalue weighted by Gasteiger charge is 2.46. The van der Waals surface area contributed by atoms with Crippen LogP contribution in [0, 0.1) is 24.0 Å². The zero-order valence-electron chi connectivity index (χ0n) is 14.9. The lowest BCUT2D eigenvalue weighted by Crippen LogP contribution is -2.39. The third kappa shape index (κ3) is 5.21. The number of benzene rings is 2. The highest BCUT2D eigenvalue weighted by Crippen LogP contribution is 2.47. The molecule has 2 atom stereocenters. The molecule has 1 aliphatic carbocycles. The second kappa shape index (κ2) is 9.52. The molecule has 0 amide bonds. The summed E-state index contributed by atoms with van der Waals surface area (Å²) in [6, 6.07) is 10.5. The molecule has 0 spiro atoms. The minimum Gasteiger partial charge on any atom is -0.391 e. The maximum atomic E-state index is 13.7. The third-order valence-electron chi connectivity index (χ3n) is 4.81. The van der Waals surface area contributed by atoms with E-state index in [-0.39, 0.29) is 30.4 Å². The lowest BCUT2D eigenvalue weighted by atomic mass is 9.95. The molecule has 1 saturated carbocycles. The summed E-state index contributed by atoms with van der Waals surface area (Å²) in [6.07, 6.45) is 6.96. The molecular weight excluding hydrogens is 391 g/mol. The van der Waals surface area contributed by atoms with Crippen molar-refractivity contribution in [2.24, 2.45) is 0 Å². The molecule has 2 N–H and O–H groups in total. The summed E-state index contributed by atoms with van der Waals surface area (Å²) in [7, 11) is 0. The van der Waals surface area contributed by atoms with Gasteiger partial charge in [-0.05, 0) is 54.7 Å². The molecule has 27 heavy (non-hydrogen) atoms. The topological polar surface area (TPSA) is 32.3 Å². The Labute approximate surface area is 171 Å². The zero-order chi connectivity index (χ0) is 18.0. The fourth-order valence-electron chi connectivity index (χ4n) is 3.24. The van der Waals surface area contributed by atoms with E-state index in [4.69, 9.17) is 6.42 Å². The average Bonchev–Trinajstić information content (AvgIpc) is 3.39. The molecular formula is C21H23Cl2F2NO. The first-order valence-electron chi connectivity index (χ1n) is 8.46. The van der Waals surface area contributed by atoms with Crippen molar-refractivity contribution in [1.29, 1.82) is 0 Å². The first kappa shape index (κ1) is 23.4. The third-order valence-corrected chi connectivity index (χ3v) is 4.81. The molecule has 0 saturated heterocycles. The Balaban J connectivity index is 0.00000182. The van der Waals surface area contributed by atoms with Gasteiger partial charge in [0.1, 0.15) is 11.6 Å². The quantitative estimate of drug-likeness (QED) is 0.661. The molecule has 0 aromatic heterocycles. The minimum atomic E-state index is -0.755. The van der Waals surface area contributed by atoms with Crippen molar-refractivity contribution >= 4 is 24.8 Å². The predicted octanol–water partition coefficient (Wildman–Crippen LogP) is 4.88. The molecule has 1 aliphatic rings. The fourth-order valence-corrected chi connectivity index (χ4v) is 3.24. The van der Waals surface area contributed by atoms with Gasteiger partial charge in [-0.2, -0.15) is 0 Å². The first-order chi connectivity index (χ1) is 12.0. The van der Waals surface area contributed by atoms with Crippen LogP contribution in [0.25, 0.3) is 0 Å². The highest BCUT2D eigenvalue weighted by atomic mass is 35.5. The van der Waals surface area contributed by atoms with Gasteiger partial charge in [0, 0.05) is 17.2 Å². The van der Waals surface area contributed by atoms with Crippen LogP contribution >= 0.6 is 24.8 Å². The van der Waals surface area contributed by atoms with E-state index in [1.807, 2.05) is 31.2 Å². The largest absolute Gasteiger partial charge is 0.391 e. The Kier molecular flexibility index (Phi) is 8.25. The van der Waals surface area contributed by atoms with E-state index in [1.165, 1.54) is 12.1 Å². The van der Waals surface area contributed by atoms with Crippen molar-refractivity contribution in [2.75, 3.05) is 0 Å². The number of nitrogens with one attached hydrogen (secondary N) is 1. The molecule has 0 bridgehead atoms. The normalized spacial score (nSPS) is 16.3. The number of halogens is 4. The number of aliphatic hydroxyl groups excluding tert-OH is 1. The summed E-state index contributed by atoms with van der Waals surface area (Å²) < 4.78 is 27.3. The smallest absolute Gasteiger partial charge is 0.126 e. The van der Waals surface area contributed by atoms with Gasteiger partial charge in [-0.15, -0.1) is 31.2 Å². The molecule has 0 aliphatic heterocycles. The molecule has 3 rings (SSSR count). The Bertz CT molecular complexity index is 798. The lowest BCUT2D eigenvalue weighted by molar-refractivity contribution is 0.113. The van der Waals surface area contributed by atoms with Gasteiger partial charge in [-0.3, -0.25) is 5.32 Å². The van der Waals surface area contributed by atoms with E-state index in [9.17, 15) is 13.9 Å². The van der Waals surface area contributed by atoms with E-state index in [0.717, 1.165) is 30.0 Å². The molecule has 0 heterocycles. The standard InChI is InChI=1S/C21H21F2NO.2ClH/c1-3-14-6-5-7-16(10-14)21(8-9-21)24-20(19(25)4-2)15-11-17(22)13-18(23)12-15;;/h1,5-7,10-13,19-20,24-25H,4,8-9H2,2H3;2*1H. The van der Waals surface area contributed by atoms with Gasteiger partial charge in [0.05, 0.1) is 12.1 Å². The maximum absolute atomic E-state index is 13.7. The van der Waals surface area contributed by atoms with Crippen molar-refractivity contribution in [3.05, 3.63) is 70.8 Å². The summed E-state index contributed by atoms with van der Waals surface area (Å²) in [6.45, 7) is 1.84. The molecule has 2 aromatic rings. The molecule has 6 heteroatoms. The van der Waals surface area contributed by atoms with Crippen LogP contribution in [0.5, 0.6) is 0 Å². The highest BCUT2D eigenvalue weighted by molar-refractivity contribution is 5.85. The molecule has 146 valence electrons. The van der Waals surface area contributed by atoms with Gasteiger partial charge < -0.3 is 5.11 Å². The Hall–Kier alpha value is -1.64. The van der Waals surface area contributed by atoms with E-state index < -0.39 is 23.8 Å². The van der Waals surface area contributed by atoms with Crippen LogP contribution in [0.4, 0.5) is 8.78 Å². The molecule has 2 aromatic carbocycles. The minimum absolute atomic E-state index is 0. The van der Waals surface area contributed by atoms with E-state index in [0.29, 0.717) is 12.0 Å². The van der Waals surface area contributed by atoms with Crippen molar-refractivity contribution < 1.29 is 13.9 Å². The van der Waals surface area contributed by atoms with Crippen LogP contribution in [-0.4, -0.2) is 11.2 Å². The number of aliphatic hydroxyl groups is 1. The van der Waals surface area contributed by atoms with Crippen LogP contribution in [0.15, 0.2) is 42.5 Å². The van der Waals surface area contributed by atoms with Gasteiger partial charge in [0.2, 0.25) is 0 Å². The van der Waals surface area contributed by atoms with Crippen molar-refractivity contribution in [3.63, 3.8) is 0 Å². The number of hydrogen-bond donors (Lipinski definition) is 2. The van der Waals surface area contributed by atoms with Crippen LogP contribution in [0.1, 0.15) is 48.9 Å². The monoisotopic (exact) mass is 413 g/mol. The van der Waals surface area contributed by atoms with Crippen LogP contribution < -0.4 is 5.32 Å². The lowest BCUT2D eigenvalue weighted by Gasteiger charge is -2.30. The van der Waals surface area contributed by atoms with Gasteiger partial charge in [0.25, 0.3) is 0 Å². The van der Waals surface area contributed by atoms with Crippen LogP contribution in [0.2, 0.25) is 0 Å². The molecule has 2 unspecified atom stereocenters. The SMILES string of the molecule is C#Cc1cccc(C2(NC(c3cc(F)cc(F)c3)C(O)CC)CC2)c1.Cl.Cl. The Morgan fingerprint density at radius 3 is 2.30 bits per heavy atom. The van der Waals surface area contributed by atoms with Gasteiger partial charge in [-0.25, -0.2) is 8.78 Å². The molecule has 2 nitrogen and oxygen atoms in total.